The van der Waals surface area contributed by atoms with Gasteiger partial charge in [-0.3, -0.25) is 4.68 Å². The van der Waals surface area contributed by atoms with Gasteiger partial charge in [0.15, 0.2) is 0 Å². The van der Waals surface area contributed by atoms with Crippen molar-refractivity contribution < 1.29 is 5.11 Å². The number of rotatable bonds is 3. The predicted octanol–water partition coefficient (Wildman–Crippen LogP) is 1.28. The number of aryl methyl sites for hydroxylation is 1. The third-order valence-corrected chi connectivity index (χ3v) is 2.47. The first-order valence-corrected chi connectivity index (χ1v) is 5.17. The highest BCUT2D eigenvalue weighted by Gasteiger charge is 2.10. The Morgan fingerprint density at radius 2 is 2.25 bits per heavy atom. The van der Waals surface area contributed by atoms with Gasteiger partial charge < -0.3 is 10.8 Å². The summed E-state index contributed by atoms with van der Waals surface area (Å²) in [5.41, 5.74) is 8.02. The van der Waals surface area contributed by atoms with E-state index in [-0.39, 0.29) is 0 Å². The lowest BCUT2D eigenvalue weighted by Crippen LogP contribution is -2.03. The quantitative estimate of drug-likeness (QED) is 0.761. The van der Waals surface area contributed by atoms with Gasteiger partial charge in [0.25, 0.3) is 0 Å². The van der Waals surface area contributed by atoms with Crippen molar-refractivity contribution in [2.45, 2.75) is 12.5 Å². The number of benzene rings is 1. The third kappa shape index (κ3) is 2.41. The molecule has 0 aliphatic rings. The molecular formula is C12H15N3O. The number of aliphatic hydroxyl groups excluding tert-OH is 1. The fourth-order valence-electron chi connectivity index (χ4n) is 1.65. The molecule has 16 heavy (non-hydrogen) atoms. The molecule has 1 aromatic heterocycles. The Morgan fingerprint density at radius 1 is 1.44 bits per heavy atom. The zero-order chi connectivity index (χ0) is 11.5. The van der Waals surface area contributed by atoms with Crippen molar-refractivity contribution in [3.63, 3.8) is 0 Å². The highest BCUT2D eigenvalue weighted by molar-refractivity contribution is 5.41. The molecule has 2 aromatic rings. The second-order valence-electron chi connectivity index (χ2n) is 3.87. The normalized spacial score (nSPS) is 12.6. The van der Waals surface area contributed by atoms with Crippen molar-refractivity contribution in [3.8, 4) is 0 Å². The van der Waals surface area contributed by atoms with Crippen LogP contribution in [0, 0.1) is 0 Å². The Kier molecular flexibility index (Phi) is 2.92. The molecule has 0 bridgehead atoms. The van der Waals surface area contributed by atoms with Crippen LogP contribution in [-0.2, 0) is 13.5 Å². The zero-order valence-corrected chi connectivity index (χ0v) is 9.17. The number of nitrogens with two attached hydrogens (primary N) is 1. The van der Waals surface area contributed by atoms with Crippen LogP contribution in [0.15, 0.2) is 36.5 Å². The summed E-state index contributed by atoms with van der Waals surface area (Å²) in [6, 6.07) is 9.19. The van der Waals surface area contributed by atoms with Gasteiger partial charge in [0, 0.05) is 25.4 Å². The van der Waals surface area contributed by atoms with Gasteiger partial charge in [-0.2, -0.15) is 5.10 Å². The standard InChI is InChI=1S/C12H15N3O/c1-15-6-5-11(14-15)8-12(16)9-3-2-4-10(13)7-9/h2-7,12,16H,8,13H2,1H3. The average molecular weight is 217 g/mol. The van der Waals surface area contributed by atoms with Crippen LogP contribution in [0.2, 0.25) is 0 Å². The van der Waals surface area contributed by atoms with Crippen molar-refractivity contribution >= 4 is 5.69 Å². The Hall–Kier alpha value is -1.81. The largest absolute Gasteiger partial charge is 0.399 e. The van der Waals surface area contributed by atoms with Gasteiger partial charge in [-0.05, 0) is 23.8 Å². The van der Waals surface area contributed by atoms with Crippen molar-refractivity contribution in [3.05, 3.63) is 47.8 Å². The molecule has 3 N–H and O–H groups in total. The first-order chi connectivity index (χ1) is 7.65. The Bertz CT molecular complexity index is 479. The fourth-order valence-corrected chi connectivity index (χ4v) is 1.65. The summed E-state index contributed by atoms with van der Waals surface area (Å²) in [7, 11) is 1.86. The fraction of sp³-hybridized carbons (Fsp3) is 0.250. The number of anilines is 1. The van der Waals surface area contributed by atoms with Crippen LogP contribution in [0.25, 0.3) is 0 Å². The van der Waals surface area contributed by atoms with Gasteiger partial charge in [-0.25, -0.2) is 0 Å². The molecule has 0 saturated heterocycles. The van der Waals surface area contributed by atoms with E-state index in [1.807, 2.05) is 31.4 Å². The van der Waals surface area contributed by atoms with Crippen molar-refractivity contribution in [2.75, 3.05) is 5.73 Å². The van der Waals surface area contributed by atoms with Crippen LogP contribution >= 0.6 is 0 Å². The minimum absolute atomic E-state index is 0.504. The van der Waals surface area contributed by atoms with Crippen LogP contribution in [0.5, 0.6) is 0 Å². The Labute approximate surface area is 94.3 Å². The van der Waals surface area contributed by atoms with Crippen molar-refractivity contribution in [1.82, 2.24) is 9.78 Å². The first kappa shape index (κ1) is 10.7. The highest BCUT2D eigenvalue weighted by atomic mass is 16.3. The molecule has 0 spiro atoms. The molecule has 0 radical (unpaired) electrons. The molecule has 2 rings (SSSR count). The van der Waals surface area contributed by atoms with E-state index < -0.39 is 6.10 Å². The molecule has 0 amide bonds. The summed E-state index contributed by atoms with van der Waals surface area (Å²) in [5.74, 6) is 0. The molecule has 1 atom stereocenters. The van der Waals surface area contributed by atoms with Crippen LogP contribution in [0.4, 0.5) is 5.69 Å². The van der Waals surface area contributed by atoms with Gasteiger partial charge in [-0.15, -0.1) is 0 Å². The lowest BCUT2D eigenvalue weighted by atomic mass is 10.0. The van der Waals surface area contributed by atoms with E-state index in [2.05, 4.69) is 5.10 Å². The first-order valence-electron chi connectivity index (χ1n) is 5.17. The minimum Gasteiger partial charge on any atom is -0.399 e. The van der Waals surface area contributed by atoms with E-state index >= 15 is 0 Å². The van der Waals surface area contributed by atoms with Gasteiger partial charge in [-0.1, -0.05) is 12.1 Å². The SMILES string of the molecule is Cn1ccc(CC(O)c2cccc(N)c2)n1. The maximum atomic E-state index is 10.0. The monoisotopic (exact) mass is 217 g/mol. The summed E-state index contributed by atoms with van der Waals surface area (Å²) < 4.78 is 1.72. The van der Waals surface area contributed by atoms with Crippen molar-refractivity contribution in [2.24, 2.45) is 7.05 Å². The molecule has 1 aromatic carbocycles. The molecule has 1 unspecified atom stereocenters. The predicted molar refractivity (Wildman–Crippen MR) is 62.7 cm³/mol. The summed E-state index contributed by atoms with van der Waals surface area (Å²) in [6.07, 6.45) is 1.81. The number of hydrogen-bond donors (Lipinski definition) is 2. The minimum atomic E-state index is -0.557. The van der Waals surface area contributed by atoms with E-state index in [1.165, 1.54) is 0 Å². The van der Waals surface area contributed by atoms with Crippen LogP contribution in [0.1, 0.15) is 17.4 Å². The molecule has 0 fully saturated rings. The summed E-state index contributed by atoms with van der Waals surface area (Å²) in [4.78, 5) is 0. The second-order valence-corrected chi connectivity index (χ2v) is 3.87. The van der Waals surface area contributed by atoms with Crippen LogP contribution < -0.4 is 5.73 Å². The topological polar surface area (TPSA) is 64.1 Å². The molecule has 0 aliphatic heterocycles. The van der Waals surface area contributed by atoms with E-state index in [1.54, 1.807) is 16.8 Å². The Morgan fingerprint density at radius 3 is 2.88 bits per heavy atom. The number of nitrogen functional groups attached to an aromatic ring is 1. The number of aromatic nitrogens is 2. The Balaban J connectivity index is 2.11. The smallest absolute Gasteiger partial charge is 0.0846 e. The number of hydrogen-bond acceptors (Lipinski definition) is 3. The van der Waals surface area contributed by atoms with E-state index in [9.17, 15) is 5.11 Å². The van der Waals surface area contributed by atoms with Gasteiger partial charge >= 0.3 is 0 Å². The van der Waals surface area contributed by atoms with E-state index in [0.29, 0.717) is 12.1 Å². The number of aliphatic hydroxyl groups is 1. The van der Waals surface area contributed by atoms with Crippen molar-refractivity contribution in [1.29, 1.82) is 0 Å². The maximum absolute atomic E-state index is 10.0. The molecule has 84 valence electrons. The summed E-state index contributed by atoms with van der Waals surface area (Å²) in [6.45, 7) is 0. The van der Waals surface area contributed by atoms with Gasteiger partial charge in [0.05, 0.1) is 11.8 Å². The lowest BCUT2D eigenvalue weighted by Gasteiger charge is -2.09. The molecular weight excluding hydrogens is 202 g/mol. The number of nitrogens with zero attached hydrogens (tertiary/aromatic N) is 2. The zero-order valence-electron chi connectivity index (χ0n) is 9.17. The van der Waals surface area contributed by atoms with E-state index in [0.717, 1.165) is 11.3 Å². The molecule has 0 aliphatic carbocycles. The summed E-state index contributed by atoms with van der Waals surface area (Å²) in [5, 5.41) is 14.2. The highest BCUT2D eigenvalue weighted by Crippen LogP contribution is 2.19. The van der Waals surface area contributed by atoms with E-state index in [4.69, 9.17) is 5.73 Å². The average Bonchev–Trinajstić information content (AvgIpc) is 2.64. The molecule has 4 nitrogen and oxygen atoms in total. The van der Waals surface area contributed by atoms with Gasteiger partial charge in [0.1, 0.15) is 0 Å². The van der Waals surface area contributed by atoms with Gasteiger partial charge in [0.2, 0.25) is 0 Å². The third-order valence-electron chi connectivity index (χ3n) is 2.47. The van der Waals surface area contributed by atoms with Crippen LogP contribution in [0.3, 0.4) is 0 Å². The lowest BCUT2D eigenvalue weighted by molar-refractivity contribution is 0.177. The van der Waals surface area contributed by atoms with Crippen LogP contribution in [-0.4, -0.2) is 14.9 Å². The maximum Gasteiger partial charge on any atom is 0.0846 e. The molecule has 4 heteroatoms. The second kappa shape index (κ2) is 4.37. The summed E-state index contributed by atoms with van der Waals surface area (Å²) >= 11 is 0. The molecule has 0 saturated carbocycles. The molecule has 1 heterocycles.